The maximum Gasteiger partial charge on any atom is 0.267 e. The normalized spacial score (nSPS) is 20.4. The van der Waals surface area contributed by atoms with Crippen molar-refractivity contribution in [2.45, 2.75) is 19.1 Å². The van der Waals surface area contributed by atoms with Crippen LogP contribution in [0.15, 0.2) is 29.6 Å². The molecule has 4 rings (SSSR count). The molecule has 0 bridgehead atoms. The van der Waals surface area contributed by atoms with Crippen LogP contribution < -0.4 is 10.1 Å². The van der Waals surface area contributed by atoms with Crippen LogP contribution in [0.4, 0.5) is 5.13 Å². The number of rotatable bonds is 4. The predicted molar refractivity (Wildman–Crippen MR) is 91.4 cm³/mol. The molecule has 1 fully saturated rings. The zero-order chi connectivity index (χ0) is 16.4. The molecule has 1 aromatic carbocycles. The van der Waals surface area contributed by atoms with E-state index in [4.69, 9.17) is 9.47 Å². The summed E-state index contributed by atoms with van der Waals surface area (Å²) in [4.78, 5) is 19.2. The number of fused-ring (bicyclic) bond motifs is 1. The molecule has 0 spiro atoms. The van der Waals surface area contributed by atoms with Gasteiger partial charge in [0.1, 0.15) is 5.75 Å². The molecule has 24 heavy (non-hydrogen) atoms. The lowest BCUT2D eigenvalue weighted by Gasteiger charge is -2.25. The van der Waals surface area contributed by atoms with E-state index in [1.54, 1.807) is 0 Å². The SMILES string of the molecule is O=C(Nc1nc(CN2CCOCC2)cs1)C1Cc2ccccc2O1. The molecule has 6 nitrogen and oxygen atoms in total. The molecule has 1 amide bonds. The molecule has 126 valence electrons. The quantitative estimate of drug-likeness (QED) is 0.917. The average molecular weight is 345 g/mol. The fourth-order valence-electron chi connectivity index (χ4n) is 2.94. The lowest BCUT2D eigenvalue weighted by molar-refractivity contribution is -0.122. The second kappa shape index (κ2) is 6.88. The van der Waals surface area contributed by atoms with E-state index in [0.717, 1.165) is 49.9 Å². The molecule has 1 unspecified atom stereocenters. The number of morpholine rings is 1. The monoisotopic (exact) mass is 345 g/mol. The van der Waals surface area contributed by atoms with E-state index in [9.17, 15) is 4.79 Å². The van der Waals surface area contributed by atoms with Crippen LogP contribution in [0.25, 0.3) is 0 Å². The smallest absolute Gasteiger partial charge is 0.267 e. The Labute approximate surface area is 144 Å². The fraction of sp³-hybridized carbons (Fsp3) is 0.412. The van der Waals surface area contributed by atoms with Crippen LogP contribution in [0.5, 0.6) is 5.75 Å². The number of hydrogen-bond acceptors (Lipinski definition) is 6. The molecule has 0 radical (unpaired) electrons. The third-order valence-electron chi connectivity index (χ3n) is 4.21. The van der Waals surface area contributed by atoms with Gasteiger partial charge >= 0.3 is 0 Å². The van der Waals surface area contributed by atoms with Gasteiger partial charge in [-0.3, -0.25) is 15.0 Å². The van der Waals surface area contributed by atoms with Crippen LogP contribution in [0.1, 0.15) is 11.3 Å². The minimum atomic E-state index is -0.478. The van der Waals surface area contributed by atoms with Gasteiger partial charge in [-0.1, -0.05) is 18.2 Å². The molecule has 1 N–H and O–H groups in total. The minimum absolute atomic E-state index is 0.140. The Kier molecular flexibility index (Phi) is 4.46. The molecule has 7 heteroatoms. The minimum Gasteiger partial charge on any atom is -0.480 e. The zero-order valence-corrected chi connectivity index (χ0v) is 14.1. The highest BCUT2D eigenvalue weighted by Gasteiger charge is 2.29. The van der Waals surface area contributed by atoms with E-state index in [-0.39, 0.29) is 5.91 Å². The molecule has 1 atom stereocenters. The van der Waals surface area contributed by atoms with Gasteiger partial charge in [-0.05, 0) is 11.6 Å². The topological polar surface area (TPSA) is 63.7 Å². The number of hydrogen-bond donors (Lipinski definition) is 1. The molecule has 2 aromatic rings. The van der Waals surface area contributed by atoms with Crippen molar-refractivity contribution in [1.82, 2.24) is 9.88 Å². The maximum absolute atomic E-state index is 12.4. The van der Waals surface area contributed by atoms with Gasteiger partial charge in [-0.15, -0.1) is 11.3 Å². The lowest BCUT2D eigenvalue weighted by atomic mass is 10.1. The van der Waals surface area contributed by atoms with Crippen LogP contribution in [0.2, 0.25) is 0 Å². The number of carbonyl (C=O) groups excluding carboxylic acids is 1. The molecule has 3 heterocycles. The Morgan fingerprint density at radius 2 is 2.17 bits per heavy atom. The summed E-state index contributed by atoms with van der Waals surface area (Å²) in [6.45, 7) is 4.18. The van der Waals surface area contributed by atoms with Crippen LogP contribution in [0.3, 0.4) is 0 Å². The van der Waals surface area contributed by atoms with Crippen molar-refractivity contribution < 1.29 is 14.3 Å². The van der Waals surface area contributed by atoms with Crippen LogP contribution >= 0.6 is 11.3 Å². The van der Waals surface area contributed by atoms with Gasteiger partial charge in [0.05, 0.1) is 18.9 Å². The maximum atomic E-state index is 12.4. The molecule has 0 aliphatic carbocycles. The fourth-order valence-corrected chi connectivity index (χ4v) is 3.64. The second-order valence-corrected chi connectivity index (χ2v) is 6.80. The van der Waals surface area contributed by atoms with Crippen molar-refractivity contribution in [2.75, 3.05) is 31.6 Å². The molecule has 1 saturated heterocycles. The Balaban J connectivity index is 1.33. The number of amides is 1. The molecule has 2 aliphatic rings. The number of ether oxygens (including phenoxy) is 2. The molecule has 0 saturated carbocycles. The first-order valence-corrected chi connectivity index (χ1v) is 8.96. The van der Waals surface area contributed by atoms with Gasteiger partial charge in [0.2, 0.25) is 0 Å². The first-order valence-electron chi connectivity index (χ1n) is 8.08. The summed E-state index contributed by atoms with van der Waals surface area (Å²) in [7, 11) is 0. The van der Waals surface area contributed by atoms with Gasteiger partial charge in [0.15, 0.2) is 11.2 Å². The second-order valence-electron chi connectivity index (χ2n) is 5.94. The standard InChI is InChI=1S/C17H19N3O3S/c21-16(15-9-12-3-1-2-4-14(12)23-15)19-17-18-13(11-24-17)10-20-5-7-22-8-6-20/h1-4,11,15H,5-10H2,(H,18,19,21). The van der Waals surface area contributed by atoms with Crippen LogP contribution in [0, 0.1) is 0 Å². The largest absolute Gasteiger partial charge is 0.480 e. The van der Waals surface area contributed by atoms with Crippen molar-refractivity contribution in [3.05, 3.63) is 40.9 Å². The Bertz CT molecular complexity index is 702. The lowest BCUT2D eigenvalue weighted by Crippen LogP contribution is -2.35. The first kappa shape index (κ1) is 15.6. The Morgan fingerprint density at radius 1 is 1.33 bits per heavy atom. The third kappa shape index (κ3) is 3.43. The van der Waals surface area contributed by atoms with E-state index in [0.29, 0.717) is 11.6 Å². The molecule has 2 aliphatic heterocycles. The van der Waals surface area contributed by atoms with Crippen molar-refractivity contribution in [3.8, 4) is 5.75 Å². The van der Waals surface area contributed by atoms with E-state index in [1.165, 1.54) is 11.3 Å². The van der Waals surface area contributed by atoms with E-state index in [2.05, 4.69) is 15.2 Å². The predicted octanol–water partition coefficient (Wildman–Crippen LogP) is 1.92. The van der Waals surface area contributed by atoms with Gasteiger partial charge in [0, 0.05) is 31.4 Å². The number of thiazole rings is 1. The molecular formula is C17H19N3O3S. The molecular weight excluding hydrogens is 326 g/mol. The number of nitrogens with zero attached hydrogens (tertiary/aromatic N) is 2. The summed E-state index contributed by atoms with van der Waals surface area (Å²) in [5, 5.41) is 5.50. The van der Waals surface area contributed by atoms with Crippen LogP contribution in [-0.2, 0) is 22.5 Å². The summed E-state index contributed by atoms with van der Waals surface area (Å²) in [6.07, 6.45) is 0.127. The van der Waals surface area contributed by atoms with Gasteiger partial charge in [-0.25, -0.2) is 4.98 Å². The summed E-state index contributed by atoms with van der Waals surface area (Å²) < 4.78 is 11.1. The number of anilines is 1. The number of para-hydroxylation sites is 1. The highest BCUT2D eigenvalue weighted by atomic mass is 32.1. The van der Waals surface area contributed by atoms with E-state index < -0.39 is 6.10 Å². The highest BCUT2D eigenvalue weighted by Crippen LogP contribution is 2.29. The third-order valence-corrected chi connectivity index (χ3v) is 5.02. The van der Waals surface area contributed by atoms with Crippen molar-refractivity contribution >= 4 is 22.4 Å². The van der Waals surface area contributed by atoms with Crippen molar-refractivity contribution in [2.24, 2.45) is 0 Å². The summed E-state index contributed by atoms with van der Waals surface area (Å²) in [5.74, 6) is 0.656. The number of nitrogens with one attached hydrogen (secondary N) is 1. The zero-order valence-electron chi connectivity index (χ0n) is 13.2. The molecule has 1 aromatic heterocycles. The number of aromatic nitrogens is 1. The Morgan fingerprint density at radius 3 is 3.00 bits per heavy atom. The Hall–Kier alpha value is -1.96. The van der Waals surface area contributed by atoms with Gasteiger partial charge in [-0.2, -0.15) is 0 Å². The van der Waals surface area contributed by atoms with Gasteiger partial charge in [0.25, 0.3) is 5.91 Å². The van der Waals surface area contributed by atoms with Crippen molar-refractivity contribution in [3.63, 3.8) is 0 Å². The highest BCUT2D eigenvalue weighted by molar-refractivity contribution is 7.13. The average Bonchev–Trinajstić information content (AvgIpc) is 3.22. The van der Waals surface area contributed by atoms with E-state index in [1.807, 2.05) is 29.6 Å². The van der Waals surface area contributed by atoms with Gasteiger partial charge < -0.3 is 9.47 Å². The van der Waals surface area contributed by atoms with E-state index >= 15 is 0 Å². The van der Waals surface area contributed by atoms with Crippen molar-refractivity contribution in [1.29, 1.82) is 0 Å². The summed E-state index contributed by atoms with van der Waals surface area (Å²) in [5.41, 5.74) is 2.05. The number of benzene rings is 1. The number of carbonyl (C=O) groups is 1. The van der Waals surface area contributed by atoms with Crippen LogP contribution in [-0.4, -0.2) is 48.2 Å². The summed E-state index contributed by atoms with van der Waals surface area (Å²) in [6, 6.07) is 7.76. The first-order chi connectivity index (χ1) is 11.8. The summed E-state index contributed by atoms with van der Waals surface area (Å²) >= 11 is 1.45.